The predicted molar refractivity (Wildman–Crippen MR) is 103 cm³/mol. The van der Waals surface area contributed by atoms with E-state index >= 15 is 0 Å². The first-order chi connectivity index (χ1) is 14.4. The van der Waals surface area contributed by atoms with Crippen LogP contribution in [0.2, 0.25) is 0 Å². The molecule has 10 nitrogen and oxygen atoms in total. The van der Waals surface area contributed by atoms with E-state index in [4.69, 9.17) is 5.11 Å². The van der Waals surface area contributed by atoms with Gasteiger partial charge in [-0.15, -0.1) is 0 Å². The molecule has 2 aromatic carbocycles. The third kappa shape index (κ3) is 6.15. The molecule has 0 saturated heterocycles. The minimum atomic E-state index is -1.23. The second kappa shape index (κ2) is 11.1. The number of carbonyl (C=O) groups is 2. The van der Waals surface area contributed by atoms with Gasteiger partial charge in [-0.25, -0.2) is 4.79 Å². The summed E-state index contributed by atoms with van der Waals surface area (Å²) in [6.45, 7) is 3.75. The third-order valence-electron chi connectivity index (χ3n) is 4.03. The first kappa shape index (κ1) is 24.6. The van der Waals surface area contributed by atoms with Gasteiger partial charge in [0.2, 0.25) is 0 Å². The van der Waals surface area contributed by atoms with Gasteiger partial charge in [-0.05, 0) is 43.2 Å². The van der Waals surface area contributed by atoms with Crippen molar-refractivity contribution >= 4 is 11.9 Å². The molecule has 2 heterocycles. The summed E-state index contributed by atoms with van der Waals surface area (Å²) in [5, 5.41) is 35.4. The summed E-state index contributed by atoms with van der Waals surface area (Å²) in [6.07, 6.45) is 5.99. The van der Waals surface area contributed by atoms with Crippen LogP contribution < -0.4 is 56.5 Å². The number of nitrogens with zero attached hydrogens (tertiary/aromatic N) is 6. The van der Waals surface area contributed by atoms with Crippen LogP contribution in [0.25, 0.3) is 11.4 Å². The summed E-state index contributed by atoms with van der Waals surface area (Å²) in [4.78, 5) is 24.4. The molecule has 4 rings (SSSR count). The Morgan fingerprint density at radius 3 is 1.55 bits per heavy atom. The average molecular weight is 444 g/mol. The van der Waals surface area contributed by atoms with Crippen molar-refractivity contribution in [3.63, 3.8) is 0 Å². The molecule has 1 N–H and O–H groups in total. The number of rotatable bonds is 4. The molecule has 31 heavy (non-hydrogen) atoms. The van der Waals surface area contributed by atoms with Gasteiger partial charge in [0.15, 0.2) is 0 Å². The third-order valence-corrected chi connectivity index (χ3v) is 4.03. The van der Waals surface area contributed by atoms with Crippen LogP contribution in [0.5, 0.6) is 0 Å². The number of carbonyl (C=O) groups excluding carboxylic acids is 1. The largest absolute Gasteiger partial charge is 1.00 e. The van der Waals surface area contributed by atoms with E-state index in [1.165, 1.54) is 40.4 Å². The van der Waals surface area contributed by atoms with Gasteiger partial charge in [0.05, 0.1) is 42.0 Å². The smallest absolute Gasteiger partial charge is 0.545 e. The second-order valence-electron chi connectivity index (χ2n) is 6.27. The Bertz CT molecular complexity index is 1080. The number of carboxylic acids is 2. The zero-order valence-corrected chi connectivity index (χ0v) is 20.3. The first-order valence-corrected chi connectivity index (χ1v) is 8.76. The number of hydrogen-bond acceptors (Lipinski definition) is 7. The molecular formula is C20H17KN6O4. The van der Waals surface area contributed by atoms with Gasteiger partial charge in [-0.3, -0.25) is 0 Å². The van der Waals surface area contributed by atoms with Crippen molar-refractivity contribution < 1.29 is 71.2 Å². The quantitative estimate of drug-likeness (QED) is 0.365. The van der Waals surface area contributed by atoms with Gasteiger partial charge < -0.3 is 15.0 Å². The van der Waals surface area contributed by atoms with Crippen LogP contribution in [0.4, 0.5) is 0 Å². The number of benzene rings is 2. The summed E-state index contributed by atoms with van der Waals surface area (Å²) in [5.41, 5.74) is 3.07. The molecule has 0 unspecified atom stereocenters. The van der Waals surface area contributed by atoms with E-state index < -0.39 is 11.9 Å². The Morgan fingerprint density at radius 1 is 0.774 bits per heavy atom. The van der Waals surface area contributed by atoms with E-state index in [2.05, 4.69) is 20.4 Å². The maximum absolute atomic E-state index is 11.0. The molecule has 0 amide bonds. The first-order valence-electron chi connectivity index (χ1n) is 8.76. The Hall–Kier alpha value is -2.70. The van der Waals surface area contributed by atoms with Crippen molar-refractivity contribution in [3.8, 4) is 11.4 Å². The summed E-state index contributed by atoms with van der Waals surface area (Å²) >= 11 is 0. The second-order valence-corrected chi connectivity index (χ2v) is 6.27. The molecule has 152 valence electrons. The Morgan fingerprint density at radius 2 is 1.16 bits per heavy atom. The predicted octanol–water partition coefficient (Wildman–Crippen LogP) is -1.78. The fourth-order valence-corrected chi connectivity index (χ4v) is 2.65. The molecule has 0 fully saturated rings. The fraction of sp³-hybridized carbons (Fsp3) is 0.100. The van der Waals surface area contributed by atoms with E-state index in [1.807, 2.05) is 13.8 Å². The number of aryl methyl sites for hydroxylation is 2. The van der Waals surface area contributed by atoms with E-state index in [-0.39, 0.29) is 62.5 Å². The van der Waals surface area contributed by atoms with Crippen molar-refractivity contribution in [2.24, 2.45) is 0 Å². The summed E-state index contributed by atoms with van der Waals surface area (Å²) in [5.74, 6) is -2.22. The molecule has 0 aliphatic rings. The Labute approximate surface area is 219 Å². The van der Waals surface area contributed by atoms with Crippen LogP contribution >= 0.6 is 0 Å². The topological polar surface area (TPSA) is 139 Å². The zero-order chi connectivity index (χ0) is 21.7. The van der Waals surface area contributed by atoms with Crippen molar-refractivity contribution in [1.29, 1.82) is 0 Å². The maximum Gasteiger partial charge on any atom is 1.00 e. The molecule has 4 aromatic rings. The van der Waals surface area contributed by atoms with Crippen molar-refractivity contribution in [3.05, 3.63) is 83.4 Å². The molecular weight excluding hydrogens is 427 g/mol. The van der Waals surface area contributed by atoms with Crippen LogP contribution in [0, 0.1) is 13.8 Å². The fourth-order valence-electron chi connectivity index (χ4n) is 2.65. The standard InChI is InChI=1S/2C10H9N3O2.K/c2*1-7-2-3-8(10(14)15)9(6-7)13-11-4-5-12-13;/h2*2-6H,1H3,(H,14,15);/q;;+1/p-1. The van der Waals surface area contributed by atoms with Gasteiger partial charge in [-0.2, -0.15) is 30.0 Å². The van der Waals surface area contributed by atoms with Crippen LogP contribution in [-0.4, -0.2) is 47.0 Å². The maximum atomic E-state index is 11.0. The molecule has 0 aliphatic carbocycles. The van der Waals surface area contributed by atoms with Gasteiger partial charge in [0.25, 0.3) is 0 Å². The number of hydrogen-bond donors (Lipinski definition) is 1. The van der Waals surface area contributed by atoms with Crippen LogP contribution in [0.3, 0.4) is 0 Å². The molecule has 0 saturated carbocycles. The van der Waals surface area contributed by atoms with E-state index in [1.54, 1.807) is 30.3 Å². The normalized spacial score (nSPS) is 9.87. The van der Waals surface area contributed by atoms with Gasteiger partial charge in [0.1, 0.15) is 5.69 Å². The van der Waals surface area contributed by atoms with E-state index in [9.17, 15) is 14.7 Å². The van der Waals surface area contributed by atoms with Gasteiger partial charge >= 0.3 is 57.4 Å². The van der Waals surface area contributed by atoms with E-state index in [0.29, 0.717) is 11.4 Å². The Kier molecular flexibility index (Phi) is 8.77. The molecule has 2 aromatic heterocycles. The van der Waals surface area contributed by atoms with Crippen LogP contribution in [0.1, 0.15) is 31.8 Å². The molecule has 0 atom stereocenters. The Balaban J connectivity index is 0.000000213. The molecule has 0 aliphatic heterocycles. The van der Waals surface area contributed by atoms with E-state index in [0.717, 1.165) is 11.1 Å². The molecule has 0 spiro atoms. The summed E-state index contributed by atoms with van der Waals surface area (Å²) < 4.78 is 0. The number of aromatic nitrogens is 6. The summed E-state index contributed by atoms with van der Waals surface area (Å²) in [6, 6.07) is 9.93. The number of aromatic carboxylic acids is 2. The minimum Gasteiger partial charge on any atom is -0.545 e. The molecule has 0 radical (unpaired) electrons. The monoisotopic (exact) mass is 444 g/mol. The van der Waals surface area contributed by atoms with Crippen molar-refractivity contribution in [2.75, 3.05) is 0 Å². The van der Waals surface area contributed by atoms with Crippen LogP contribution in [-0.2, 0) is 0 Å². The summed E-state index contributed by atoms with van der Waals surface area (Å²) in [7, 11) is 0. The van der Waals surface area contributed by atoms with Gasteiger partial charge in [0, 0.05) is 5.56 Å². The van der Waals surface area contributed by atoms with Crippen molar-refractivity contribution in [1.82, 2.24) is 30.0 Å². The van der Waals surface area contributed by atoms with Gasteiger partial charge in [-0.1, -0.05) is 18.2 Å². The molecule has 11 heteroatoms. The average Bonchev–Trinajstić information content (AvgIpc) is 3.42. The van der Waals surface area contributed by atoms with Crippen LogP contribution in [0.15, 0.2) is 61.2 Å². The zero-order valence-electron chi connectivity index (χ0n) is 17.1. The van der Waals surface area contributed by atoms with Crippen molar-refractivity contribution in [2.45, 2.75) is 13.8 Å². The number of carboxylic acid groups (broad SMARTS) is 2. The SMILES string of the molecule is Cc1ccc(C(=O)O)c(-n2nccn2)c1.Cc1ccc(C(=O)[O-])c(-n2nccn2)c1.[K+]. The minimum absolute atomic E-state index is 0. The molecule has 0 bridgehead atoms.